The molecule has 0 amide bonds. The maximum Gasteiger partial charge on any atom is 0.0523 e. The summed E-state index contributed by atoms with van der Waals surface area (Å²) in [5, 5.41) is 3.70. The van der Waals surface area contributed by atoms with Crippen LogP contribution in [0.15, 0.2) is 30.3 Å². The molecule has 0 spiro atoms. The fraction of sp³-hybridized carbons (Fsp3) is 0.600. The van der Waals surface area contributed by atoms with E-state index >= 15 is 0 Å². The molecule has 2 rings (SSSR count). The van der Waals surface area contributed by atoms with Crippen LogP contribution in [0.4, 0.5) is 5.69 Å². The van der Waals surface area contributed by atoms with Gasteiger partial charge < -0.3 is 11.1 Å². The first-order chi connectivity index (χ1) is 8.18. The van der Waals surface area contributed by atoms with E-state index in [0.29, 0.717) is 12.5 Å². The first-order valence-electron chi connectivity index (χ1n) is 6.71. The van der Waals surface area contributed by atoms with Gasteiger partial charge in [-0.25, -0.2) is 0 Å². The van der Waals surface area contributed by atoms with Crippen molar-refractivity contribution in [3.63, 3.8) is 0 Å². The number of nitrogens with two attached hydrogens (primary N) is 1. The summed E-state index contributed by atoms with van der Waals surface area (Å²) in [6.07, 6.45) is 3.80. The number of nitrogens with one attached hydrogen (secondary N) is 1. The zero-order chi connectivity index (χ0) is 12.3. The molecule has 3 atom stereocenters. The third kappa shape index (κ3) is 2.47. The van der Waals surface area contributed by atoms with E-state index in [-0.39, 0.29) is 5.54 Å². The van der Waals surface area contributed by atoms with Crippen LogP contribution >= 0.6 is 0 Å². The van der Waals surface area contributed by atoms with E-state index in [2.05, 4.69) is 43.4 Å². The molecule has 2 heteroatoms. The van der Waals surface area contributed by atoms with Crippen LogP contribution < -0.4 is 11.1 Å². The summed E-state index contributed by atoms with van der Waals surface area (Å²) in [7, 11) is 0. The van der Waals surface area contributed by atoms with Gasteiger partial charge >= 0.3 is 0 Å². The van der Waals surface area contributed by atoms with E-state index in [9.17, 15) is 0 Å². The largest absolute Gasteiger partial charge is 0.378 e. The highest BCUT2D eigenvalue weighted by molar-refractivity contribution is 5.45. The van der Waals surface area contributed by atoms with E-state index < -0.39 is 0 Å². The van der Waals surface area contributed by atoms with Gasteiger partial charge in [0.2, 0.25) is 0 Å². The minimum atomic E-state index is 0.0824. The quantitative estimate of drug-likeness (QED) is 0.839. The first kappa shape index (κ1) is 12.4. The van der Waals surface area contributed by atoms with Crippen molar-refractivity contribution in [1.29, 1.82) is 0 Å². The highest BCUT2D eigenvalue weighted by Gasteiger charge is 2.40. The molecule has 1 saturated carbocycles. The fourth-order valence-electron chi connectivity index (χ4n) is 3.09. The minimum Gasteiger partial charge on any atom is -0.378 e. The average Bonchev–Trinajstić information content (AvgIpc) is 2.36. The van der Waals surface area contributed by atoms with Crippen LogP contribution in [0.1, 0.15) is 33.1 Å². The molecule has 1 aromatic carbocycles. The Morgan fingerprint density at radius 1 is 1.29 bits per heavy atom. The SMILES string of the molecule is CC1CCCC(CN)(Nc2ccccc2)C1C. The van der Waals surface area contributed by atoms with Gasteiger partial charge in [-0.3, -0.25) is 0 Å². The van der Waals surface area contributed by atoms with Gasteiger partial charge in [-0.2, -0.15) is 0 Å². The van der Waals surface area contributed by atoms with E-state index in [4.69, 9.17) is 5.73 Å². The first-order valence-corrected chi connectivity index (χ1v) is 6.71. The minimum absolute atomic E-state index is 0.0824. The van der Waals surface area contributed by atoms with Crippen molar-refractivity contribution in [3.8, 4) is 0 Å². The molecule has 1 aliphatic rings. The normalized spacial score (nSPS) is 33.4. The second-order valence-electron chi connectivity index (χ2n) is 5.51. The molecule has 0 saturated heterocycles. The van der Waals surface area contributed by atoms with Crippen LogP contribution in [-0.4, -0.2) is 12.1 Å². The van der Waals surface area contributed by atoms with E-state index in [1.165, 1.54) is 24.9 Å². The van der Waals surface area contributed by atoms with Crippen LogP contribution in [0.5, 0.6) is 0 Å². The van der Waals surface area contributed by atoms with Crippen molar-refractivity contribution in [3.05, 3.63) is 30.3 Å². The Hall–Kier alpha value is -1.02. The molecule has 3 N–H and O–H groups in total. The van der Waals surface area contributed by atoms with Crippen molar-refractivity contribution in [2.75, 3.05) is 11.9 Å². The maximum absolute atomic E-state index is 6.08. The Bertz CT molecular complexity index is 349. The predicted octanol–water partition coefficient (Wildman–Crippen LogP) is 3.25. The summed E-state index contributed by atoms with van der Waals surface area (Å²) < 4.78 is 0. The van der Waals surface area contributed by atoms with Gasteiger partial charge in [0.25, 0.3) is 0 Å². The standard InChI is InChI=1S/C15H24N2/c1-12-7-6-10-15(11-16,13(12)2)17-14-8-4-3-5-9-14/h3-5,8-9,12-13,17H,6-7,10-11,16H2,1-2H3. The lowest BCUT2D eigenvalue weighted by Crippen LogP contribution is -2.54. The van der Waals surface area contributed by atoms with Gasteiger partial charge in [0.05, 0.1) is 5.54 Å². The third-order valence-electron chi connectivity index (χ3n) is 4.54. The Labute approximate surface area is 105 Å². The Balaban J connectivity index is 2.19. The zero-order valence-electron chi connectivity index (χ0n) is 10.9. The van der Waals surface area contributed by atoms with Crippen molar-refractivity contribution in [2.45, 2.75) is 38.6 Å². The molecule has 0 aromatic heterocycles. The topological polar surface area (TPSA) is 38.0 Å². The third-order valence-corrected chi connectivity index (χ3v) is 4.54. The van der Waals surface area contributed by atoms with Gasteiger partial charge in [0.1, 0.15) is 0 Å². The highest BCUT2D eigenvalue weighted by Crippen LogP contribution is 2.39. The predicted molar refractivity (Wildman–Crippen MR) is 74.0 cm³/mol. The van der Waals surface area contributed by atoms with E-state index in [1.807, 2.05) is 6.07 Å². The van der Waals surface area contributed by atoms with Crippen LogP contribution in [0.3, 0.4) is 0 Å². The van der Waals surface area contributed by atoms with Crippen molar-refractivity contribution in [1.82, 2.24) is 0 Å². The molecule has 17 heavy (non-hydrogen) atoms. The summed E-state index contributed by atoms with van der Waals surface area (Å²) in [5.41, 5.74) is 7.35. The molecule has 0 radical (unpaired) electrons. The van der Waals surface area contributed by atoms with Crippen molar-refractivity contribution >= 4 is 5.69 Å². The van der Waals surface area contributed by atoms with Gasteiger partial charge in [-0.1, -0.05) is 44.9 Å². The van der Waals surface area contributed by atoms with E-state index in [0.717, 1.165) is 5.92 Å². The number of hydrogen-bond donors (Lipinski definition) is 2. The van der Waals surface area contributed by atoms with Crippen molar-refractivity contribution in [2.24, 2.45) is 17.6 Å². The Morgan fingerprint density at radius 3 is 2.65 bits per heavy atom. The molecular formula is C15H24N2. The second-order valence-corrected chi connectivity index (χ2v) is 5.51. The lowest BCUT2D eigenvalue weighted by atomic mass is 9.68. The smallest absolute Gasteiger partial charge is 0.0523 e. The lowest BCUT2D eigenvalue weighted by molar-refractivity contribution is 0.168. The molecule has 2 nitrogen and oxygen atoms in total. The maximum atomic E-state index is 6.08. The summed E-state index contributed by atoms with van der Waals surface area (Å²) in [6.45, 7) is 5.40. The molecule has 0 bridgehead atoms. The number of para-hydroxylation sites is 1. The Kier molecular flexibility index (Phi) is 3.72. The van der Waals surface area contributed by atoms with Crippen LogP contribution in [0.25, 0.3) is 0 Å². The molecule has 3 unspecified atom stereocenters. The second kappa shape index (κ2) is 5.09. The zero-order valence-corrected chi connectivity index (χ0v) is 10.9. The lowest BCUT2D eigenvalue weighted by Gasteiger charge is -2.46. The van der Waals surface area contributed by atoms with Crippen LogP contribution in [0.2, 0.25) is 0 Å². The number of anilines is 1. The molecule has 1 aliphatic carbocycles. The van der Waals surface area contributed by atoms with Gasteiger partial charge in [-0.05, 0) is 30.4 Å². The molecule has 94 valence electrons. The van der Waals surface area contributed by atoms with Gasteiger partial charge in [-0.15, -0.1) is 0 Å². The van der Waals surface area contributed by atoms with Crippen molar-refractivity contribution < 1.29 is 0 Å². The monoisotopic (exact) mass is 232 g/mol. The summed E-state index contributed by atoms with van der Waals surface area (Å²) in [4.78, 5) is 0. The molecule has 0 aliphatic heterocycles. The Morgan fingerprint density at radius 2 is 2.00 bits per heavy atom. The van der Waals surface area contributed by atoms with Gasteiger partial charge in [0, 0.05) is 12.2 Å². The average molecular weight is 232 g/mol. The molecular weight excluding hydrogens is 208 g/mol. The van der Waals surface area contributed by atoms with Crippen LogP contribution in [-0.2, 0) is 0 Å². The summed E-state index contributed by atoms with van der Waals surface area (Å²) >= 11 is 0. The molecule has 1 fully saturated rings. The van der Waals surface area contributed by atoms with Crippen LogP contribution in [0, 0.1) is 11.8 Å². The molecule has 1 aromatic rings. The van der Waals surface area contributed by atoms with E-state index in [1.54, 1.807) is 0 Å². The summed E-state index contributed by atoms with van der Waals surface area (Å²) in [6, 6.07) is 10.5. The number of benzene rings is 1. The number of rotatable bonds is 3. The fourth-order valence-corrected chi connectivity index (χ4v) is 3.09. The summed E-state index contributed by atoms with van der Waals surface area (Å²) in [5.74, 6) is 1.38. The highest BCUT2D eigenvalue weighted by atomic mass is 15.0. The van der Waals surface area contributed by atoms with Gasteiger partial charge in [0.15, 0.2) is 0 Å². The number of hydrogen-bond acceptors (Lipinski definition) is 2. The molecule has 0 heterocycles.